The van der Waals surface area contributed by atoms with E-state index in [4.69, 9.17) is 0 Å². The molecule has 0 spiro atoms. The first-order chi connectivity index (χ1) is 14.1. The Bertz CT molecular complexity index is 919. The highest BCUT2D eigenvalue weighted by atomic mass is 32.2. The zero-order valence-corrected chi connectivity index (χ0v) is 18.6. The van der Waals surface area contributed by atoms with Gasteiger partial charge in [0.25, 0.3) is 11.1 Å². The fourth-order valence-corrected chi connectivity index (χ4v) is 5.84. The van der Waals surface area contributed by atoms with Gasteiger partial charge in [-0.15, -0.1) is 10.2 Å². The summed E-state index contributed by atoms with van der Waals surface area (Å²) in [6.45, 7) is 2.37. The summed E-state index contributed by atoms with van der Waals surface area (Å²) in [6, 6.07) is 3.57. The summed E-state index contributed by atoms with van der Waals surface area (Å²) in [5.74, 6) is 0.578. The summed E-state index contributed by atoms with van der Waals surface area (Å²) in [4.78, 5) is 42.0. The molecule has 1 N–H and O–H groups in total. The molecule has 3 rings (SSSR count). The van der Waals surface area contributed by atoms with E-state index in [1.165, 1.54) is 23.1 Å². The zero-order chi connectivity index (χ0) is 20.6. The molecule has 8 nitrogen and oxygen atoms in total. The van der Waals surface area contributed by atoms with Gasteiger partial charge in [-0.05, 0) is 35.2 Å². The van der Waals surface area contributed by atoms with E-state index >= 15 is 0 Å². The molecule has 1 aliphatic rings. The summed E-state index contributed by atoms with van der Waals surface area (Å²) in [5.41, 5.74) is 0.750. The SMILES string of the molecule is CCSc1nnc(SCC(=O)NCCN2C(=O)S/C(=C\c3cccnc3)C2=O)s1. The van der Waals surface area contributed by atoms with Crippen LogP contribution in [0.4, 0.5) is 4.79 Å². The van der Waals surface area contributed by atoms with Gasteiger partial charge in [-0.3, -0.25) is 24.3 Å². The lowest BCUT2D eigenvalue weighted by Gasteiger charge is -2.12. The zero-order valence-electron chi connectivity index (χ0n) is 15.4. The number of thioether (sulfide) groups is 3. The number of hydrogen-bond acceptors (Lipinski definition) is 10. The first-order valence-electron chi connectivity index (χ1n) is 8.58. The first kappa shape index (κ1) is 21.8. The first-order valence-corrected chi connectivity index (χ1v) is 12.2. The van der Waals surface area contributed by atoms with Crippen LogP contribution in [-0.4, -0.2) is 61.7 Å². The number of nitrogens with one attached hydrogen (secondary N) is 1. The molecule has 152 valence electrons. The van der Waals surface area contributed by atoms with Crippen LogP contribution >= 0.6 is 46.6 Å². The molecular formula is C17H17N5O3S4. The molecular weight excluding hydrogens is 450 g/mol. The number of carbonyl (C=O) groups excluding carboxylic acids is 3. The Balaban J connectivity index is 1.43. The number of rotatable bonds is 9. The predicted molar refractivity (Wildman–Crippen MR) is 117 cm³/mol. The summed E-state index contributed by atoms with van der Waals surface area (Å²) in [5, 5.41) is 10.5. The Hall–Kier alpha value is -1.89. The minimum atomic E-state index is -0.359. The molecule has 0 saturated carbocycles. The minimum Gasteiger partial charge on any atom is -0.354 e. The van der Waals surface area contributed by atoms with Crippen molar-refractivity contribution >= 4 is 69.8 Å². The molecule has 0 unspecified atom stereocenters. The van der Waals surface area contributed by atoms with Crippen molar-refractivity contribution < 1.29 is 14.4 Å². The Kier molecular flexibility index (Phi) is 8.09. The highest BCUT2D eigenvalue weighted by Crippen LogP contribution is 2.32. The molecule has 0 aliphatic carbocycles. The molecule has 0 aromatic carbocycles. The van der Waals surface area contributed by atoms with Gasteiger partial charge in [-0.1, -0.05) is 47.9 Å². The second kappa shape index (κ2) is 10.8. The van der Waals surface area contributed by atoms with Gasteiger partial charge in [0.05, 0.1) is 10.7 Å². The van der Waals surface area contributed by atoms with E-state index < -0.39 is 0 Å². The normalized spacial score (nSPS) is 15.3. The third-order valence-corrected chi connectivity index (χ3v) is 7.48. The average molecular weight is 468 g/mol. The Morgan fingerprint density at radius 3 is 2.79 bits per heavy atom. The highest BCUT2D eigenvalue weighted by Gasteiger charge is 2.34. The van der Waals surface area contributed by atoms with Gasteiger partial charge in [-0.25, -0.2) is 0 Å². The maximum absolute atomic E-state index is 12.4. The summed E-state index contributed by atoms with van der Waals surface area (Å²) >= 11 is 5.27. The lowest BCUT2D eigenvalue weighted by Crippen LogP contribution is -2.37. The van der Waals surface area contributed by atoms with Crippen LogP contribution in [0.15, 0.2) is 38.1 Å². The van der Waals surface area contributed by atoms with Crippen molar-refractivity contribution in [1.82, 2.24) is 25.4 Å². The van der Waals surface area contributed by atoms with Gasteiger partial charge in [0.15, 0.2) is 8.68 Å². The van der Waals surface area contributed by atoms with E-state index in [0.717, 1.165) is 36.7 Å². The number of nitrogens with zero attached hydrogens (tertiary/aromatic N) is 4. The molecule has 29 heavy (non-hydrogen) atoms. The second-order valence-electron chi connectivity index (χ2n) is 5.53. The van der Waals surface area contributed by atoms with Crippen LogP contribution in [0.2, 0.25) is 0 Å². The maximum atomic E-state index is 12.4. The summed E-state index contributed by atoms with van der Waals surface area (Å²) in [6.07, 6.45) is 4.89. The molecule has 1 aliphatic heterocycles. The Labute approximate surface area is 184 Å². The van der Waals surface area contributed by atoms with Crippen LogP contribution in [0.1, 0.15) is 12.5 Å². The van der Waals surface area contributed by atoms with Gasteiger partial charge in [-0.2, -0.15) is 0 Å². The van der Waals surface area contributed by atoms with Crippen molar-refractivity contribution in [2.45, 2.75) is 15.6 Å². The third kappa shape index (κ3) is 6.29. The summed E-state index contributed by atoms with van der Waals surface area (Å²) < 4.78 is 1.62. The lowest BCUT2D eigenvalue weighted by molar-refractivity contribution is -0.123. The van der Waals surface area contributed by atoms with Crippen LogP contribution < -0.4 is 5.32 Å². The molecule has 2 aromatic heterocycles. The van der Waals surface area contributed by atoms with Crippen LogP contribution in [0.3, 0.4) is 0 Å². The molecule has 1 fully saturated rings. The number of amides is 3. The van der Waals surface area contributed by atoms with Crippen molar-refractivity contribution in [3.05, 3.63) is 35.0 Å². The molecule has 0 atom stereocenters. The van der Waals surface area contributed by atoms with Gasteiger partial charge in [0, 0.05) is 25.5 Å². The number of imide groups is 1. The van der Waals surface area contributed by atoms with Gasteiger partial charge in [0.2, 0.25) is 5.91 Å². The van der Waals surface area contributed by atoms with Crippen molar-refractivity contribution in [2.75, 3.05) is 24.6 Å². The number of hydrogen-bond donors (Lipinski definition) is 1. The second-order valence-corrected chi connectivity index (χ2v) is 10.2. The van der Waals surface area contributed by atoms with E-state index in [0.29, 0.717) is 4.91 Å². The quantitative estimate of drug-likeness (QED) is 0.440. The van der Waals surface area contributed by atoms with Crippen molar-refractivity contribution in [3.63, 3.8) is 0 Å². The summed E-state index contributed by atoms with van der Waals surface area (Å²) in [7, 11) is 0. The van der Waals surface area contributed by atoms with Crippen LogP contribution in [0, 0.1) is 0 Å². The Morgan fingerprint density at radius 2 is 2.07 bits per heavy atom. The average Bonchev–Trinajstić information content (AvgIpc) is 3.27. The van der Waals surface area contributed by atoms with Crippen molar-refractivity contribution in [3.8, 4) is 0 Å². The minimum absolute atomic E-state index is 0.127. The van der Waals surface area contributed by atoms with E-state index in [9.17, 15) is 14.4 Å². The highest BCUT2D eigenvalue weighted by molar-refractivity contribution is 8.18. The fourth-order valence-electron chi connectivity index (χ4n) is 2.23. The number of carbonyl (C=O) groups is 3. The predicted octanol–water partition coefficient (Wildman–Crippen LogP) is 2.99. The van der Waals surface area contributed by atoms with Crippen LogP contribution in [0.25, 0.3) is 6.08 Å². The van der Waals surface area contributed by atoms with Gasteiger partial charge in [0.1, 0.15) is 0 Å². The van der Waals surface area contributed by atoms with Crippen molar-refractivity contribution in [2.24, 2.45) is 0 Å². The van der Waals surface area contributed by atoms with E-state index in [1.807, 2.05) is 6.92 Å². The molecule has 0 bridgehead atoms. The monoisotopic (exact) mass is 467 g/mol. The van der Waals surface area contributed by atoms with Crippen molar-refractivity contribution in [1.29, 1.82) is 0 Å². The van der Waals surface area contributed by atoms with E-state index in [2.05, 4.69) is 20.5 Å². The molecule has 2 aromatic rings. The van der Waals surface area contributed by atoms with Crippen LogP contribution in [0.5, 0.6) is 0 Å². The standard InChI is InChI=1S/C17H17N5O3S4/c1-2-26-15-20-21-16(29-15)27-10-13(23)19-6-7-22-14(24)12(28-17(22)25)8-11-4-3-5-18-9-11/h3-5,8-9H,2,6-7,10H2,1H3,(H,19,23)/b12-8-. The van der Waals surface area contributed by atoms with E-state index in [-0.39, 0.29) is 35.9 Å². The molecule has 3 amide bonds. The van der Waals surface area contributed by atoms with Gasteiger partial charge >= 0.3 is 0 Å². The molecule has 1 saturated heterocycles. The maximum Gasteiger partial charge on any atom is 0.293 e. The third-order valence-electron chi connectivity index (χ3n) is 3.50. The van der Waals surface area contributed by atoms with Crippen LogP contribution in [-0.2, 0) is 9.59 Å². The van der Waals surface area contributed by atoms with E-state index in [1.54, 1.807) is 42.4 Å². The lowest BCUT2D eigenvalue weighted by atomic mass is 10.2. The van der Waals surface area contributed by atoms with Gasteiger partial charge < -0.3 is 5.32 Å². The largest absolute Gasteiger partial charge is 0.354 e. The molecule has 3 heterocycles. The topological polar surface area (TPSA) is 105 Å². The number of pyridine rings is 1. The smallest absolute Gasteiger partial charge is 0.293 e. The Morgan fingerprint density at radius 1 is 1.28 bits per heavy atom. The molecule has 0 radical (unpaired) electrons. The fraction of sp³-hybridized carbons (Fsp3) is 0.294. The molecule has 12 heteroatoms. The number of aromatic nitrogens is 3.